The molecule has 0 aromatic heterocycles. The van der Waals surface area contributed by atoms with Gasteiger partial charge in [-0.15, -0.1) is 0 Å². The lowest BCUT2D eigenvalue weighted by molar-refractivity contribution is -0.0980. The topological polar surface area (TPSA) is 43.7 Å². The summed E-state index contributed by atoms with van der Waals surface area (Å²) in [6, 6.07) is 6.04. The Bertz CT molecular complexity index is 598. The fraction of sp³-hybridized carbons (Fsp3) is 0.714. The molecule has 0 amide bonds. The van der Waals surface area contributed by atoms with Gasteiger partial charge in [0.15, 0.2) is 0 Å². The summed E-state index contributed by atoms with van der Waals surface area (Å²) in [5.41, 5.74) is 1.91. The maximum absolute atomic E-state index is 11.8. The number of nitrogens with zero attached hydrogens (tertiary/aromatic N) is 1. The first-order valence-corrected chi connectivity index (χ1v) is 9.90. The summed E-state index contributed by atoms with van der Waals surface area (Å²) in [7, 11) is 0. The van der Waals surface area contributed by atoms with Gasteiger partial charge in [-0.05, 0) is 67.8 Å². The van der Waals surface area contributed by atoms with E-state index in [-0.39, 0.29) is 12.0 Å². The van der Waals surface area contributed by atoms with E-state index >= 15 is 0 Å². The van der Waals surface area contributed by atoms with Crippen molar-refractivity contribution in [2.45, 2.75) is 75.9 Å². The zero-order valence-electron chi connectivity index (χ0n) is 14.9. The predicted octanol–water partition coefficient (Wildman–Crippen LogP) is 3.83. The Morgan fingerprint density at radius 1 is 1.17 bits per heavy atom. The van der Waals surface area contributed by atoms with Gasteiger partial charge in [0.25, 0.3) is 0 Å². The maximum atomic E-state index is 11.8. The number of phenols is 1. The van der Waals surface area contributed by atoms with Gasteiger partial charge in [-0.3, -0.25) is 4.90 Å². The average molecular weight is 329 g/mol. The molecule has 4 rings (SSSR count). The van der Waals surface area contributed by atoms with Crippen molar-refractivity contribution >= 4 is 0 Å². The summed E-state index contributed by atoms with van der Waals surface area (Å²) in [6.07, 6.45) is 9.27. The molecule has 3 atom stereocenters. The van der Waals surface area contributed by atoms with Crippen LogP contribution in [-0.4, -0.2) is 39.8 Å². The van der Waals surface area contributed by atoms with E-state index in [4.69, 9.17) is 0 Å². The van der Waals surface area contributed by atoms with E-state index in [0.717, 1.165) is 44.7 Å². The normalized spacial score (nSPS) is 33.0. The first kappa shape index (κ1) is 16.4. The van der Waals surface area contributed by atoms with E-state index in [0.29, 0.717) is 5.75 Å². The molecule has 1 unspecified atom stereocenters. The first-order valence-electron chi connectivity index (χ1n) is 9.90. The molecular weight excluding hydrogens is 298 g/mol. The molecule has 3 nitrogen and oxygen atoms in total. The number of aliphatic hydroxyl groups is 1. The number of hydrogen-bond donors (Lipinski definition) is 2. The van der Waals surface area contributed by atoms with Gasteiger partial charge in [0.2, 0.25) is 0 Å². The van der Waals surface area contributed by atoms with Crippen LogP contribution in [0.25, 0.3) is 0 Å². The van der Waals surface area contributed by atoms with Gasteiger partial charge in [-0.1, -0.05) is 32.3 Å². The minimum atomic E-state index is -0.626. The standard InChI is InChI=1S/C21H31NO2/c1-2-22(14-15-6-5-7-15)20-12-16-9-10-17(23)13-18(16)19-8-3-4-11-21(19,20)24/h9-10,13,15,19-20,23-24H,2-8,11-12,14H2,1H3/t19?,20-,21+/m1/s1. The molecule has 0 aliphatic heterocycles. The lowest BCUT2D eigenvalue weighted by Gasteiger charge is -2.53. The highest BCUT2D eigenvalue weighted by atomic mass is 16.3. The Morgan fingerprint density at radius 2 is 2.00 bits per heavy atom. The van der Waals surface area contributed by atoms with E-state index < -0.39 is 5.60 Å². The largest absolute Gasteiger partial charge is 0.508 e. The van der Waals surface area contributed by atoms with Gasteiger partial charge in [0.1, 0.15) is 5.75 Å². The third-order valence-electron chi connectivity index (χ3n) is 6.98. The zero-order valence-corrected chi connectivity index (χ0v) is 14.9. The van der Waals surface area contributed by atoms with Crippen LogP contribution in [0, 0.1) is 5.92 Å². The highest BCUT2D eigenvalue weighted by molar-refractivity contribution is 5.43. The van der Waals surface area contributed by atoms with Gasteiger partial charge in [0.05, 0.1) is 5.60 Å². The fourth-order valence-electron chi connectivity index (χ4n) is 5.41. The molecule has 0 bridgehead atoms. The molecule has 3 aliphatic carbocycles. The van der Waals surface area contributed by atoms with Crippen molar-refractivity contribution in [2.75, 3.05) is 13.1 Å². The van der Waals surface area contributed by atoms with Crippen LogP contribution in [0.5, 0.6) is 5.75 Å². The van der Waals surface area contributed by atoms with Crippen molar-refractivity contribution in [3.8, 4) is 5.75 Å². The molecule has 1 aromatic rings. The Kier molecular flexibility index (Phi) is 4.34. The van der Waals surface area contributed by atoms with Crippen molar-refractivity contribution in [2.24, 2.45) is 5.92 Å². The molecule has 24 heavy (non-hydrogen) atoms. The second kappa shape index (κ2) is 6.34. The van der Waals surface area contributed by atoms with Crippen LogP contribution in [0.3, 0.4) is 0 Å². The summed E-state index contributed by atoms with van der Waals surface area (Å²) >= 11 is 0. The molecule has 2 N–H and O–H groups in total. The van der Waals surface area contributed by atoms with Crippen LogP contribution in [0.1, 0.15) is 68.9 Å². The molecule has 2 saturated carbocycles. The van der Waals surface area contributed by atoms with Crippen LogP contribution in [0.2, 0.25) is 0 Å². The van der Waals surface area contributed by atoms with Gasteiger partial charge in [-0.25, -0.2) is 0 Å². The predicted molar refractivity (Wildman–Crippen MR) is 96.3 cm³/mol. The molecule has 2 fully saturated rings. The second-order valence-corrected chi connectivity index (χ2v) is 8.28. The number of benzene rings is 1. The fourth-order valence-corrected chi connectivity index (χ4v) is 5.41. The molecule has 3 heteroatoms. The van der Waals surface area contributed by atoms with Gasteiger partial charge in [0, 0.05) is 18.5 Å². The molecule has 0 saturated heterocycles. The summed E-state index contributed by atoms with van der Waals surface area (Å²) in [4.78, 5) is 2.57. The van der Waals surface area contributed by atoms with Gasteiger partial charge >= 0.3 is 0 Å². The van der Waals surface area contributed by atoms with Crippen LogP contribution in [-0.2, 0) is 6.42 Å². The minimum absolute atomic E-state index is 0.183. The van der Waals surface area contributed by atoms with Crippen LogP contribution in [0.15, 0.2) is 18.2 Å². The summed E-state index contributed by atoms with van der Waals surface area (Å²) in [6.45, 7) is 4.40. The average Bonchev–Trinajstić information content (AvgIpc) is 2.54. The third-order valence-corrected chi connectivity index (χ3v) is 6.98. The van der Waals surface area contributed by atoms with E-state index in [1.165, 1.54) is 36.8 Å². The minimum Gasteiger partial charge on any atom is -0.508 e. The summed E-state index contributed by atoms with van der Waals surface area (Å²) in [5.74, 6) is 1.35. The Morgan fingerprint density at radius 3 is 2.71 bits per heavy atom. The Balaban J connectivity index is 1.69. The number of fused-ring (bicyclic) bond motifs is 3. The summed E-state index contributed by atoms with van der Waals surface area (Å²) in [5, 5.41) is 21.7. The highest BCUT2D eigenvalue weighted by Crippen LogP contribution is 2.50. The van der Waals surface area contributed by atoms with E-state index in [2.05, 4.69) is 17.9 Å². The third kappa shape index (κ3) is 2.66. The smallest absolute Gasteiger partial charge is 0.115 e. The number of rotatable bonds is 4. The van der Waals surface area contributed by atoms with E-state index in [9.17, 15) is 10.2 Å². The Labute approximate surface area is 145 Å². The molecule has 3 aliphatic rings. The van der Waals surface area contributed by atoms with Crippen LogP contribution >= 0.6 is 0 Å². The van der Waals surface area contributed by atoms with Crippen molar-refractivity contribution in [1.29, 1.82) is 0 Å². The molecule has 0 spiro atoms. The van der Waals surface area contributed by atoms with Gasteiger partial charge in [-0.2, -0.15) is 0 Å². The number of phenolic OH excluding ortho intramolecular Hbond substituents is 1. The molecular formula is C21H31NO2. The number of hydrogen-bond acceptors (Lipinski definition) is 3. The molecule has 1 aromatic carbocycles. The lowest BCUT2D eigenvalue weighted by atomic mass is 9.62. The Hall–Kier alpha value is -1.06. The summed E-state index contributed by atoms with van der Waals surface area (Å²) < 4.78 is 0. The molecule has 132 valence electrons. The quantitative estimate of drug-likeness (QED) is 0.882. The second-order valence-electron chi connectivity index (χ2n) is 8.28. The first-order chi connectivity index (χ1) is 11.6. The van der Waals surface area contributed by atoms with Crippen LogP contribution < -0.4 is 0 Å². The zero-order chi connectivity index (χ0) is 16.7. The van der Waals surface area contributed by atoms with Crippen LogP contribution in [0.4, 0.5) is 0 Å². The lowest BCUT2D eigenvalue weighted by Crippen LogP contribution is -2.61. The number of likely N-dealkylation sites (N-methyl/N-ethyl adjacent to an activating group) is 1. The van der Waals surface area contributed by atoms with E-state index in [1.807, 2.05) is 12.1 Å². The monoisotopic (exact) mass is 329 g/mol. The van der Waals surface area contributed by atoms with Gasteiger partial charge < -0.3 is 10.2 Å². The van der Waals surface area contributed by atoms with Crippen molar-refractivity contribution in [3.05, 3.63) is 29.3 Å². The maximum Gasteiger partial charge on any atom is 0.115 e. The van der Waals surface area contributed by atoms with Crippen molar-refractivity contribution in [3.63, 3.8) is 0 Å². The molecule has 0 heterocycles. The number of aromatic hydroxyl groups is 1. The van der Waals surface area contributed by atoms with Crippen molar-refractivity contribution in [1.82, 2.24) is 4.90 Å². The SMILES string of the molecule is CCN(CC1CCC1)[C@@H]1Cc2ccc(O)cc2C2CCCC[C@]21O. The van der Waals surface area contributed by atoms with E-state index in [1.54, 1.807) is 0 Å². The molecule has 0 radical (unpaired) electrons. The van der Waals surface area contributed by atoms with Crippen molar-refractivity contribution < 1.29 is 10.2 Å². The highest BCUT2D eigenvalue weighted by Gasteiger charge is 2.51.